The summed E-state index contributed by atoms with van der Waals surface area (Å²) in [5.41, 5.74) is 3.26. The molecule has 1 aromatic heterocycles. The third-order valence-electron chi connectivity index (χ3n) is 4.25. The van der Waals surface area contributed by atoms with Crippen molar-refractivity contribution in [3.63, 3.8) is 0 Å². The van der Waals surface area contributed by atoms with Gasteiger partial charge in [-0.25, -0.2) is 0 Å². The Morgan fingerprint density at radius 2 is 1.91 bits per heavy atom. The van der Waals surface area contributed by atoms with Gasteiger partial charge in [0.05, 0.1) is 0 Å². The molecule has 1 aliphatic heterocycles. The number of benzene rings is 1. The van der Waals surface area contributed by atoms with Crippen molar-refractivity contribution in [2.45, 2.75) is 25.7 Å². The van der Waals surface area contributed by atoms with Crippen LogP contribution in [0.3, 0.4) is 0 Å². The van der Waals surface area contributed by atoms with Gasteiger partial charge in [0, 0.05) is 48.4 Å². The second-order valence-electron chi connectivity index (χ2n) is 5.78. The number of carbonyl (C=O) groups excluding carboxylic acids is 1. The highest BCUT2D eigenvalue weighted by atomic mass is 35.5. The highest BCUT2D eigenvalue weighted by molar-refractivity contribution is 6.30. The number of hydrogen-bond acceptors (Lipinski definition) is 2. The van der Waals surface area contributed by atoms with Crippen LogP contribution in [0.15, 0.2) is 42.6 Å². The van der Waals surface area contributed by atoms with Crippen molar-refractivity contribution in [3.8, 4) is 11.1 Å². The number of pyridine rings is 1. The van der Waals surface area contributed by atoms with Crippen LogP contribution in [0.2, 0.25) is 5.02 Å². The highest BCUT2D eigenvalue weighted by Crippen LogP contribution is 2.27. The Balaban J connectivity index is 1.76. The van der Waals surface area contributed by atoms with Crippen LogP contribution in [0.4, 0.5) is 0 Å². The quantitative estimate of drug-likeness (QED) is 0.835. The van der Waals surface area contributed by atoms with Crippen molar-refractivity contribution < 1.29 is 4.79 Å². The number of halogens is 1. The van der Waals surface area contributed by atoms with E-state index in [0.29, 0.717) is 5.92 Å². The summed E-state index contributed by atoms with van der Waals surface area (Å²) in [7, 11) is 0. The van der Waals surface area contributed by atoms with Gasteiger partial charge in [-0.2, -0.15) is 0 Å². The number of rotatable bonds is 2. The zero-order chi connectivity index (χ0) is 15.5. The number of nitrogens with zero attached hydrogens (tertiary/aromatic N) is 2. The van der Waals surface area contributed by atoms with Crippen molar-refractivity contribution in [3.05, 3.63) is 53.3 Å². The molecule has 4 heteroatoms. The first kappa shape index (κ1) is 15.0. The van der Waals surface area contributed by atoms with Gasteiger partial charge < -0.3 is 4.90 Å². The molecule has 1 amide bonds. The standard InChI is InChI=1S/C18H19ClN2O/c1-13(22)21-10-2-3-16(12-21)18-9-6-15(11-20-18)14-4-7-17(19)8-5-14/h4-9,11,16H,2-3,10,12H2,1H3. The third-order valence-corrected chi connectivity index (χ3v) is 4.50. The summed E-state index contributed by atoms with van der Waals surface area (Å²) in [6.07, 6.45) is 4.05. The maximum Gasteiger partial charge on any atom is 0.219 e. The van der Waals surface area contributed by atoms with E-state index < -0.39 is 0 Å². The van der Waals surface area contributed by atoms with Crippen LogP contribution in [0.25, 0.3) is 11.1 Å². The highest BCUT2D eigenvalue weighted by Gasteiger charge is 2.23. The summed E-state index contributed by atoms with van der Waals surface area (Å²) in [4.78, 5) is 18.1. The normalized spacial score (nSPS) is 18.3. The minimum Gasteiger partial charge on any atom is -0.342 e. The average molecular weight is 315 g/mol. The summed E-state index contributed by atoms with van der Waals surface area (Å²) in [6.45, 7) is 3.29. The Labute approximate surface area is 135 Å². The summed E-state index contributed by atoms with van der Waals surface area (Å²) in [6, 6.07) is 11.9. The molecule has 3 rings (SSSR count). The monoisotopic (exact) mass is 314 g/mol. The first-order valence-corrected chi connectivity index (χ1v) is 7.98. The average Bonchev–Trinajstić information content (AvgIpc) is 2.56. The van der Waals surface area contributed by atoms with Gasteiger partial charge in [-0.15, -0.1) is 0 Å². The summed E-state index contributed by atoms with van der Waals surface area (Å²) in [5.74, 6) is 0.499. The molecule has 0 radical (unpaired) electrons. The SMILES string of the molecule is CC(=O)N1CCCC(c2ccc(-c3ccc(Cl)cc3)cn2)C1. The van der Waals surface area contributed by atoms with Gasteiger partial charge in [-0.05, 0) is 36.6 Å². The maximum atomic E-state index is 11.5. The van der Waals surface area contributed by atoms with E-state index in [0.717, 1.165) is 47.8 Å². The van der Waals surface area contributed by atoms with Gasteiger partial charge in [-0.3, -0.25) is 9.78 Å². The van der Waals surface area contributed by atoms with Crippen LogP contribution < -0.4 is 0 Å². The molecule has 1 saturated heterocycles. The predicted octanol–water partition coefficient (Wildman–Crippen LogP) is 4.13. The van der Waals surface area contributed by atoms with Crippen molar-refractivity contribution in [1.82, 2.24) is 9.88 Å². The Bertz CT molecular complexity index is 652. The van der Waals surface area contributed by atoms with Gasteiger partial charge in [0.25, 0.3) is 0 Å². The van der Waals surface area contributed by atoms with E-state index in [2.05, 4.69) is 17.1 Å². The lowest BCUT2D eigenvalue weighted by molar-refractivity contribution is -0.130. The molecule has 0 aliphatic carbocycles. The van der Waals surface area contributed by atoms with Gasteiger partial charge in [0.15, 0.2) is 0 Å². The summed E-state index contributed by atoms with van der Waals surface area (Å²) in [5, 5.41) is 0.736. The molecule has 3 nitrogen and oxygen atoms in total. The molecule has 0 spiro atoms. The van der Waals surface area contributed by atoms with E-state index >= 15 is 0 Å². The fourth-order valence-electron chi connectivity index (χ4n) is 2.96. The molecular formula is C18H19ClN2O. The lowest BCUT2D eigenvalue weighted by Crippen LogP contribution is -2.37. The maximum absolute atomic E-state index is 11.5. The predicted molar refractivity (Wildman–Crippen MR) is 88.9 cm³/mol. The van der Waals surface area contributed by atoms with Crippen LogP contribution in [0, 0.1) is 0 Å². The largest absolute Gasteiger partial charge is 0.342 e. The van der Waals surface area contributed by atoms with Crippen molar-refractivity contribution >= 4 is 17.5 Å². The Morgan fingerprint density at radius 3 is 2.55 bits per heavy atom. The molecule has 2 aromatic rings. The third kappa shape index (κ3) is 3.30. The fourth-order valence-corrected chi connectivity index (χ4v) is 3.09. The molecule has 1 fully saturated rings. The number of piperidine rings is 1. The molecule has 0 saturated carbocycles. The molecular weight excluding hydrogens is 296 g/mol. The van der Waals surface area contributed by atoms with Gasteiger partial charge in [0.1, 0.15) is 0 Å². The summed E-state index contributed by atoms with van der Waals surface area (Å²) >= 11 is 5.92. The smallest absolute Gasteiger partial charge is 0.219 e. The number of amides is 1. The van der Waals surface area contributed by atoms with Crippen LogP contribution in [-0.4, -0.2) is 28.9 Å². The zero-order valence-corrected chi connectivity index (χ0v) is 13.4. The van der Waals surface area contributed by atoms with Crippen LogP contribution in [-0.2, 0) is 4.79 Å². The van der Waals surface area contributed by atoms with E-state index in [1.165, 1.54) is 0 Å². The van der Waals surface area contributed by atoms with Gasteiger partial charge >= 0.3 is 0 Å². The van der Waals surface area contributed by atoms with Crippen LogP contribution in [0.1, 0.15) is 31.4 Å². The molecule has 0 bridgehead atoms. The van der Waals surface area contributed by atoms with E-state index in [-0.39, 0.29) is 5.91 Å². The Morgan fingerprint density at radius 1 is 1.18 bits per heavy atom. The van der Waals surface area contributed by atoms with Crippen LogP contribution in [0.5, 0.6) is 0 Å². The van der Waals surface area contributed by atoms with Gasteiger partial charge in [-0.1, -0.05) is 29.8 Å². The Kier molecular flexibility index (Phi) is 4.44. The number of aromatic nitrogens is 1. The Hall–Kier alpha value is -1.87. The topological polar surface area (TPSA) is 33.2 Å². The fraction of sp³-hybridized carbons (Fsp3) is 0.333. The number of carbonyl (C=O) groups is 1. The van der Waals surface area contributed by atoms with Crippen LogP contribution >= 0.6 is 11.6 Å². The molecule has 1 aromatic carbocycles. The molecule has 114 valence electrons. The minimum absolute atomic E-state index is 0.155. The van der Waals surface area contributed by atoms with E-state index in [1.807, 2.05) is 35.4 Å². The minimum atomic E-state index is 0.155. The van der Waals surface area contributed by atoms with E-state index in [1.54, 1.807) is 6.92 Å². The van der Waals surface area contributed by atoms with Crippen molar-refractivity contribution in [2.75, 3.05) is 13.1 Å². The zero-order valence-electron chi connectivity index (χ0n) is 12.6. The molecule has 1 aliphatic rings. The van der Waals surface area contributed by atoms with E-state index in [4.69, 9.17) is 11.6 Å². The molecule has 22 heavy (non-hydrogen) atoms. The molecule has 2 heterocycles. The number of likely N-dealkylation sites (tertiary alicyclic amines) is 1. The second-order valence-corrected chi connectivity index (χ2v) is 6.22. The molecule has 1 atom stereocenters. The number of hydrogen-bond donors (Lipinski definition) is 0. The van der Waals surface area contributed by atoms with E-state index in [9.17, 15) is 4.79 Å². The summed E-state index contributed by atoms with van der Waals surface area (Å²) < 4.78 is 0. The lowest BCUT2D eigenvalue weighted by Gasteiger charge is -2.31. The first-order valence-electron chi connectivity index (χ1n) is 7.61. The van der Waals surface area contributed by atoms with Crippen molar-refractivity contribution in [1.29, 1.82) is 0 Å². The molecule has 0 N–H and O–H groups in total. The van der Waals surface area contributed by atoms with Crippen molar-refractivity contribution in [2.24, 2.45) is 0 Å². The first-order chi connectivity index (χ1) is 10.6. The molecule has 1 unspecified atom stereocenters. The van der Waals surface area contributed by atoms with Gasteiger partial charge in [0.2, 0.25) is 5.91 Å². The lowest BCUT2D eigenvalue weighted by atomic mass is 9.93. The second kappa shape index (κ2) is 6.49.